The molecule has 0 saturated carbocycles. The molecule has 0 bridgehead atoms. The Morgan fingerprint density at radius 2 is 2.36 bits per heavy atom. The molecule has 1 amide bonds. The van der Waals surface area contributed by atoms with E-state index >= 15 is 0 Å². The third-order valence-electron chi connectivity index (χ3n) is 1.76. The van der Waals surface area contributed by atoms with Gasteiger partial charge in [-0.2, -0.15) is 11.8 Å². The third-order valence-corrected chi connectivity index (χ3v) is 2.81. The van der Waals surface area contributed by atoms with Crippen LogP contribution in [0.3, 0.4) is 0 Å². The Bertz CT molecular complexity index is 261. The summed E-state index contributed by atoms with van der Waals surface area (Å²) in [6, 6.07) is 0. The second kappa shape index (κ2) is 6.48. The van der Waals surface area contributed by atoms with Gasteiger partial charge < -0.3 is 10.3 Å². The minimum Gasteiger partial charge on any atom is -0.370 e. The van der Waals surface area contributed by atoms with Crippen LogP contribution >= 0.6 is 11.8 Å². The van der Waals surface area contributed by atoms with Crippen molar-refractivity contribution in [2.75, 3.05) is 11.5 Å². The normalized spacial score (nSPS) is 10.3. The number of hydrogen-bond acceptors (Lipinski definition) is 3. The zero-order valence-electron chi connectivity index (χ0n) is 8.06. The van der Waals surface area contributed by atoms with E-state index in [-0.39, 0.29) is 5.91 Å². The number of aromatic nitrogens is 2. The van der Waals surface area contributed by atoms with Gasteiger partial charge in [-0.05, 0) is 12.2 Å². The van der Waals surface area contributed by atoms with Crippen LogP contribution in [0.4, 0.5) is 0 Å². The Morgan fingerprint density at radius 3 is 3.00 bits per heavy atom. The largest absolute Gasteiger partial charge is 0.370 e. The van der Waals surface area contributed by atoms with Crippen LogP contribution in [-0.4, -0.2) is 27.0 Å². The Balaban J connectivity index is 1.92. The lowest BCUT2D eigenvalue weighted by Crippen LogP contribution is -2.10. The number of amides is 1. The van der Waals surface area contributed by atoms with Gasteiger partial charge in [0, 0.05) is 31.1 Å². The van der Waals surface area contributed by atoms with Crippen LogP contribution < -0.4 is 5.73 Å². The Morgan fingerprint density at radius 1 is 1.50 bits per heavy atom. The van der Waals surface area contributed by atoms with Crippen molar-refractivity contribution in [3.63, 3.8) is 0 Å². The summed E-state index contributed by atoms with van der Waals surface area (Å²) < 4.78 is 2.04. The summed E-state index contributed by atoms with van der Waals surface area (Å²) >= 11 is 1.84. The molecule has 0 aliphatic rings. The van der Waals surface area contributed by atoms with Gasteiger partial charge in [0.05, 0.1) is 6.33 Å². The van der Waals surface area contributed by atoms with E-state index in [1.165, 1.54) is 0 Å². The fourth-order valence-electron chi connectivity index (χ4n) is 1.04. The lowest BCUT2D eigenvalue weighted by Gasteiger charge is -2.01. The fraction of sp³-hybridized carbons (Fsp3) is 0.556. The average Bonchev–Trinajstić information content (AvgIpc) is 2.63. The highest BCUT2D eigenvalue weighted by molar-refractivity contribution is 7.99. The number of carbonyl (C=O) groups excluding carboxylic acids is 1. The molecule has 5 heteroatoms. The molecule has 0 aromatic carbocycles. The predicted octanol–water partition coefficient (Wildman–Crippen LogP) is 0.882. The van der Waals surface area contributed by atoms with Crippen molar-refractivity contribution in [3.8, 4) is 0 Å². The molecule has 0 atom stereocenters. The lowest BCUT2D eigenvalue weighted by atomic mass is 10.3. The van der Waals surface area contributed by atoms with Crippen LogP contribution in [0.2, 0.25) is 0 Å². The molecule has 0 unspecified atom stereocenters. The molecule has 4 nitrogen and oxygen atoms in total. The highest BCUT2D eigenvalue weighted by Gasteiger charge is 1.95. The van der Waals surface area contributed by atoms with E-state index in [0.29, 0.717) is 6.42 Å². The molecule has 0 aliphatic heterocycles. The van der Waals surface area contributed by atoms with Crippen LogP contribution in [-0.2, 0) is 11.3 Å². The van der Waals surface area contributed by atoms with Crippen LogP contribution in [0.5, 0.6) is 0 Å². The van der Waals surface area contributed by atoms with Crippen LogP contribution in [0.1, 0.15) is 12.8 Å². The highest BCUT2D eigenvalue weighted by atomic mass is 32.2. The van der Waals surface area contributed by atoms with Gasteiger partial charge in [-0.3, -0.25) is 4.79 Å². The lowest BCUT2D eigenvalue weighted by molar-refractivity contribution is -0.118. The maximum atomic E-state index is 10.4. The number of aryl methyl sites for hydroxylation is 1. The number of thioether (sulfide) groups is 1. The molecule has 0 fully saturated rings. The van der Waals surface area contributed by atoms with Gasteiger partial charge in [0.25, 0.3) is 0 Å². The van der Waals surface area contributed by atoms with Crippen molar-refractivity contribution in [3.05, 3.63) is 18.7 Å². The molecular formula is C9H15N3OS. The molecule has 0 spiro atoms. The van der Waals surface area contributed by atoms with Crippen molar-refractivity contribution < 1.29 is 4.79 Å². The standard InChI is InChI=1S/C9H15N3OS/c10-9(13)2-1-6-14-7-5-12-4-3-11-8-12/h3-4,8H,1-2,5-7H2,(H2,10,13). The highest BCUT2D eigenvalue weighted by Crippen LogP contribution is 2.05. The zero-order valence-corrected chi connectivity index (χ0v) is 8.87. The summed E-state index contributed by atoms with van der Waals surface area (Å²) in [6.45, 7) is 0.973. The number of imidazole rings is 1. The zero-order chi connectivity index (χ0) is 10.2. The molecule has 0 saturated heterocycles. The van der Waals surface area contributed by atoms with E-state index in [9.17, 15) is 4.79 Å². The van der Waals surface area contributed by atoms with Crippen molar-refractivity contribution in [2.24, 2.45) is 5.73 Å². The average molecular weight is 213 g/mol. The number of rotatable bonds is 7. The van der Waals surface area contributed by atoms with Gasteiger partial charge in [-0.1, -0.05) is 0 Å². The predicted molar refractivity (Wildman–Crippen MR) is 58.0 cm³/mol. The monoisotopic (exact) mass is 213 g/mol. The fourth-order valence-corrected chi connectivity index (χ4v) is 1.93. The Hall–Kier alpha value is -0.970. The molecule has 14 heavy (non-hydrogen) atoms. The van der Waals surface area contributed by atoms with Gasteiger partial charge in [-0.25, -0.2) is 4.98 Å². The first kappa shape index (κ1) is 11.1. The maximum Gasteiger partial charge on any atom is 0.217 e. The van der Waals surface area contributed by atoms with E-state index < -0.39 is 0 Å². The molecule has 1 aromatic rings. The molecule has 1 rings (SSSR count). The van der Waals surface area contributed by atoms with E-state index in [1.54, 1.807) is 6.20 Å². The molecule has 2 N–H and O–H groups in total. The van der Waals surface area contributed by atoms with E-state index in [1.807, 2.05) is 28.9 Å². The first-order valence-electron chi connectivity index (χ1n) is 4.61. The van der Waals surface area contributed by atoms with Gasteiger partial charge in [0.1, 0.15) is 0 Å². The molecule has 78 valence electrons. The summed E-state index contributed by atoms with van der Waals surface area (Å²) in [5, 5.41) is 0. The quantitative estimate of drug-likeness (QED) is 0.684. The van der Waals surface area contributed by atoms with Crippen molar-refractivity contribution in [1.82, 2.24) is 9.55 Å². The first-order chi connectivity index (χ1) is 6.79. The SMILES string of the molecule is NC(=O)CCCSCCn1ccnc1. The van der Waals surface area contributed by atoms with Crippen molar-refractivity contribution in [1.29, 1.82) is 0 Å². The minimum atomic E-state index is -0.208. The molecule has 0 radical (unpaired) electrons. The minimum absolute atomic E-state index is 0.208. The van der Waals surface area contributed by atoms with Crippen LogP contribution in [0.15, 0.2) is 18.7 Å². The van der Waals surface area contributed by atoms with Gasteiger partial charge in [0.15, 0.2) is 0 Å². The number of primary amides is 1. The number of carbonyl (C=O) groups is 1. The van der Waals surface area contributed by atoms with Gasteiger partial charge in [-0.15, -0.1) is 0 Å². The summed E-state index contributed by atoms with van der Waals surface area (Å²) in [6.07, 6.45) is 6.91. The van der Waals surface area contributed by atoms with Crippen LogP contribution in [0.25, 0.3) is 0 Å². The smallest absolute Gasteiger partial charge is 0.217 e. The summed E-state index contributed by atoms with van der Waals surface area (Å²) in [4.78, 5) is 14.4. The molecule has 1 aromatic heterocycles. The van der Waals surface area contributed by atoms with Crippen molar-refractivity contribution in [2.45, 2.75) is 19.4 Å². The van der Waals surface area contributed by atoms with Gasteiger partial charge >= 0.3 is 0 Å². The summed E-state index contributed by atoms with van der Waals surface area (Å²) in [5.74, 6) is 1.84. The summed E-state index contributed by atoms with van der Waals surface area (Å²) in [5.41, 5.74) is 5.02. The van der Waals surface area contributed by atoms with E-state index in [4.69, 9.17) is 5.73 Å². The molecular weight excluding hydrogens is 198 g/mol. The molecule has 1 heterocycles. The number of nitrogens with two attached hydrogens (primary N) is 1. The first-order valence-corrected chi connectivity index (χ1v) is 5.76. The van der Waals surface area contributed by atoms with E-state index in [0.717, 1.165) is 24.5 Å². The van der Waals surface area contributed by atoms with E-state index in [2.05, 4.69) is 4.98 Å². The topological polar surface area (TPSA) is 60.9 Å². The second-order valence-corrected chi connectivity index (χ2v) is 4.21. The van der Waals surface area contributed by atoms with Gasteiger partial charge in [0.2, 0.25) is 5.91 Å². The third kappa shape index (κ3) is 4.91. The van der Waals surface area contributed by atoms with Crippen molar-refractivity contribution >= 4 is 17.7 Å². The Labute approximate surface area is 87.9 Å². The number of hydrogen-bond donors (Lipinski definition) is 1. The Kier molecular flexibility index (Phi) is 5.14. The number of nitrogens with zero attached hydrogens (tertiary/aromatic N) is 2. The van der Waals surface area contributed by atoms with Crippen LogP contribution in [0, 0.1) is 0 Å². The summed E-state index contributed by atoms with van der Waals surface area (Å²) in [7, 11) is 0. The maximum absolute atomic E-state index is 10.4. The second-order valence-electron chi connectivity index (χ2n) is 2.98. The molecule has 0 aliphatic carbocycles.